The average molecular weight is 390 g/mol. The zero-order chi connectivity index (χ0) is 20.4. The molecule has 0 saturated heterocycles. The summed E-state index contributed by atoms with van der Waals surface area (Å²) in [5.74, 6) is 1.73. The van der Waals surface area contributed by atoms with Gasteiger partial charge in [-0.3, -0.25) is 0 Å². The second-order valence-corrected chi connectivity index (χ2v) is 7.50. The Kier molecular flexibility index (Phi) is 5.45. The standard InChI is InChI=1S/C26H21F3/c1-2-3-4-5-17-8-10-22-20(12-17)16-21-13-18(9-11-23(21)22)6-7-19-14-24(27)26(29)25(28)15-19/h8-15H,2-5,16H2,1H3. The minimum Gasteiger partial charge on any atom is -0.204 e. The normalized spacial score (nSPS) is 11.6. The highest BCUT2D eigenvalue weighted by atomic mass is 19.2. The van der Waals surface area contributed by atoms with E-state index in [1.807, 2.05) is 18.2 Å². The van der Waals surface area contributed by atoms with Crippen molar-refractivity contribution in [1.29, 1.82) is 0 Å². The number of aryl methyl sites for hydroxylation is 1. The number of benzene rings is 3. The molecule has 0 bridgehead atoms. The highest BCUT2D eigenvalue weighted by Crippen LogP contribution is 2.37. The molecule has 3 heteroatoms. The third-order valence-corrected chi connectivity index (χ3v) is 5.35. The van der Waals surface area contributed by atoms with E-state index in [0.717, 1.165) is 30.5 Å². The first kappa shape index (κ1) is 19.3. The van der Waals surface area contributed by atoms with E-state index in [-0.39, 0.29) is 5.56 Å². The Bertz CT molecular complexity index is 1110. The highest BCUT2D eigenvalue weighted by Gasteiger charge is 2.18. The van der Waals surface area contributed by atoms with Gasteiger partial charge in [0.25, 0.3) is 0 Å². The van der Waals surface area contributed by atoms with Crippen LogP contribution in [-0.4, -0.2) is 0 Å². The lowest BCUT2D eigenvalue weighted by molar-refractivity contribution is 0.446. The Morgan fingerprint density at radius 2 is 1.41 bits per heavy atom. The lowest BCUT2D eigenvalue weighted by Crippen LogP contribution is -1.91. The second kappa shape index (κ2) is 8.17. The predicted molar refractivity (Wildman–Crippen MR) is 110 cm³/mol. The highest BCUT2D eigenvalue weighted by molar-refractivity contribution is 5.77. The molecule has 0 aromatic heterocycles. The minimum absolute atomic E-state index is 0.113. The third kappa shape index (κ3) is 4.07. The summed E-state index contributed by atoms with van der Waals surface area (Å²) in [6.45, 7) is 2.21. The van der Waals surface area contributed by atoms with Crippen molar-refractivity contribution in [1.82, 2.24) is 0 Å². The van der Waals surface area contributed by atoms with Gasteiger partial charge in [-0.2, -0.15) is 0 Å². The maximum Gasteiger partial charge on any atom is 0.194 e. The van der Waals surface area contributed by atoms with Crippen LogP contribution in [0.2, 0.25) is 0 Å². The number of halogens is 3. The van der Waals surface area contributed by atoms with Crippen LogP contribution in [0, 0.1) is 29.3 Å². The van der Waals surface area contributed by atoms with E-state index in [1.54, 1.807) is 0 Å². The van der Waals surface area contributed by atoms with Crippen molar-refractivity contribution in [2.24, 2.45) is 0 Å². The molecule has 0 fully saturated rings. The topological polar surface area (TPSA) is 0 Å². The van der Waals surface area contributed by atoms with Crippen LogP contribution < -0.4 is 0 Å². The van der Waals surface area contributed by atoms with Gasteiger partial charge in [0.05, 0.1) is 0 Å². The van der Waals surface area contributed by atoms with Crippen LogP contribution in [0.1, 0.15) is 54.0 Å². The van der Waals surface area contributed by atoms with E-state index in [1.165, 1.54) is 47.1 Å². The van der Waals surface area contributed by atoms with Crippen LogP contribution in [0.5, 0.6) is 0 Å². The van der Waals surface area contributed by atoms with Crippen molar-refractivity contribution in [3.8, 4) is 23.0 Å². The van der Waals surface area contributed by atoms with Crippen LogP contribution in [-0.2, 0) is 12.8 Å². The van der Waals surface area contributed by atoms with Crippen molar-refractivity contribution < 1.29 is 13.2 Å². The number of rotatable bonds is 4. The molecule has 0 nitrogen and oxygen atoms in total. The van der Waals surface area contributed by atoms with E-state index < -0.39 is 17.5 Å². The Balaban J connectivity index is 1.56. The quantitative estimate of drug-likeness (QED) is 0.204. The smallest absolute Gasteiger partial charge is 0.194 e. The van der Waals surface area contributed by atoms with E-state index in [9.17, 15) is 13.2 Å². The fraction of sp³-hybridized carbons (Fsp3) is 0.231. The molecule has 4 rings (SSSR count). The predicted octanol–water partition coefficient (Wildman–Crippen LogP) is 6.81. The van der Waals surface area contributed by atoms with Gasteiger partial charge < -0.3 is 0 Å². The zero-order valence-corrected chi connectivity index (χ0v) is 16.3. The Morgan fingerprint density at radius 1 is 0.759 bits per heavy atom. The van der Waals surface area contributed by atoms with Crippen molar-refractivity contribution >= 4 is 0 Å². The lowest BCUT2D eigenvalue weighted by Gasteiger charge is -2.05. The second-order valence-electron chi connectivity index (χ2n) is 7.50. The summed E-state index contributed by atoms with van der Waals surface area (Å²) in [7, 11) is 0. The van der Waals surface area contributed by atoms with Crippen molar-refractivity contribution in [3.05, 3.63) is 93.8 Å². The molecule has 0 saturated carbocycles. The molecular weight excluding hydrogens is 369 g/mol. The first-order valence-corrected chi connectivity index (χ1v) is 9.97. The Labute approximate surface area is 169 Å². The maximum atomic E-state index is 13.3. The van der Waals surface area contributed by atoms with Gasteiger partial charge in [0.15, 0.2) is 17.5 Å². The first-order chi connectivity index (χ1) is 14.0. The fourth-order valence-electron chi connectivity index (χ4n) is 3.85. The van der Waals surface area contributed by atoms with E-state index in [4.69, 9.17) is 0 Å². The Hall–Kier alpha value is -2.99. The van der Waals surface area contributed by atoms with Gasteiger partial charge in [-0.25, -0.2) is 13.2 Å². The summed E-state index contributed by atoms with van der Waals surface area (Å²) in [6.07, 6.45) is 5.66. The summed E-state index contributed by atoms with van der Waals surface area (Å²) in [5, 5.41) is 0. The summed E-state index contributed by atoms with van der Waals surface area (Å²) < 4.78 is 39.8. The molecule has 146 valence electrons. The number of fused-ring (bicyclic) bond motifs is 3. The molecule has 29 heavy (non-hydrogen) atoms. The molecule has 3 aromatic rings. The number of hydrogen-bond donors (Lipinski definition) is 0. The maximum absolute atomic E-state index is 13.3. The van der Waals surface area contributed by atoms with Crippen LogP contribution in [0.15, 0.2) is 48.5 Å². The van der Waals surface area contributed by atoms with Gasteiger partial charge in [0.2, 0.25) is 0 Å². The van der Waals surface area contributed by atoms with Gasteiger partial charge in [-0.1, -0.05) is 55.9 Å². The molecule has 0 aliphatic heterocycles. The van der Waals surface area contributed by atoms with E-state index in [0.29, 0.717) is 0 Å². The van der Waals surface area contributed by atoms with Gasteiger partial charge in [-0.05, 0) is 71.3 Å². The van der Waals surface area contributed by atoms with Crippen molar-refractivity contribution in [2.45, 2.75) is 39.0 Å². The Morgan fingerprint density at radius 3 is 2.14 bits per heavy atom. The summed E-state index contributed by atoms with van der Waals surface area (Å²) in [5.41, 5.74) is 7.28. The van der Waals surface area contributed by atoms with Crippen molar-refractivity contribution in [3.63, 3.8) is 0 Å². The average Bonchev–Trinajstić information content (AvgIpc) is 3.07. The molecular formula is C26H21F3. The van der Waals surface area contributed by atoms with Crippen molar-refractivity contribution in [2.75, 3.05) is 0 Å². The summed E-state index contributed by atoms with van der Waals surface area (Å²) >= 11 is 0. The van der Waals surface area contributed by atoms with Crippen LogP contribution in [0.3, 0.4) is 0 Å². The van der Waals surface area contributed by atoms with Gasteiger partial charge in [0, 0.05) is 11.1 Å². The van der Waals surface area contributed by atoms with Crippen LogP contribution in [0.25, 0.3) is 11.1 Å². The lowest BCUT2D eigenvalue weighted by atomic mass is 10.00. The third-order valence-electron chi connectivity index (χ3n) is 5.35. The summed E-state index contributed by atoms with van der Waals surface area (Å²) in [6, 6.07) is 14.5. The van der Waals surface area contributed by atoms with E-state index >= 15 is 0 Å². The van der Waals surface area contributed by atoms with Gasteiger partial charge in [-0.15, -0.1) is 0 Å². The molecule has 0 N–H and O–H groups in total. The molecule has 0 amide bonds. The fourth-order valence-corrected chi connectivity index (χ4v) is 3.85. The zero-order valence-electron chi connectivity index (χ0n) is 16.3. The van der Waals surface area contributed by atoms with E-state index in [2.05, 4.69) is 37.0 Å². The number of unbranched alkanes of at least 4 members (excludes halogenated alkanes) is 2. The van der Waals surface area contributed by atoms with Gasteiger partial charge in [0.1, 0.15) is 0 Å². The molecule has 0 atom stereocenters. The molecule has 0 unspecified atom stereocenters. The molecule has 0 heterocycles. The molecule has 1 aliphatic rings. The molecule has 3 aromatic carbocycles. The summed E-state index contributed by atoms with van der Waals surface area (Å²) in [4.78, 5) is 0. The molecule has 1 aliphatic carbocycles. The van der Waals surface area contributed by atoms with Gasteiger partial charge >= 0.3 is 0 Å². The first-order valence-electron chi connectivity index (χ1n) is 9.97. The minimum atomic E-state index is -1.47. The van der Waals surface area contributed by atoms with Crippen LogP contribution in [0.4, 0.5) is 13.2 Å². The van der Waals surface area contributed by atoms with Crippen LogP contribution >= 0.6 is 0 Å². The molecule has 0 spiro atoms. The number of hydrogen-bond acceptors (Lipinski definition) is 0. The largest absolute Gasteiger partial charge is 0.204 e. The monoisotopic (exact) mass is 390 g/mol. The SMILES string of the molecule is CCCCCc1ccc2c(c1)Cc1cc(C#Cc3cc(F)c(F)c(F)c3)ccc1-2. The molecule has 0 radical (unpaired) electrons.